The first-order chi connectivity index (χ1) is 8.69. The lowest BCUT2D eigenvalue weighted by molar-refractivity contribution is 0.612. The molecule has 1 N–H and O–H groups in total. The molecular weight excluding hydrogens is 297 g/mol. The predicted octanol–water partition coefficient (Wildman–Crippen LogP) is 3.47. The van der Waals surface area contributed by atoms with E-state index in [1.54, 1.807) is 24.3 Å². The van der Waals surface area contributed by atoms with E-state index < -0.39 is 0 Å². The number of aromatic nitrogens is 1. The number of hydrogen-bond acceptors (Lipinski definition) is 3. The third-order valence-electron chi connectivity index (χ3n) is 2.36. The van der Waals surface area contributed by atoms with Crippen molar-refractivity contribution >= 4 is 21.7 Å². The molecule has 0 aliphatic heterocycles. The minimum absolute atomic E-state index is 0.264. The van der Waals surface area contributed by atoms with Crippen molar-refractivity contribution in [1.29, 1.82) is 5.26 Å². The highest BCUT2D eigenvalue weighted by Crippen LogP contribution is 2.16. The Labute approximate surface area is 112 Å². The topological polar surface area (TPSA) is 48.7 Å². The minimum Gasteiger partial charge on any atom is -0.366 e. The monoisotopic (exact) mass is 305 g/mol. The van der Waals surface area contributed by atoms with Crippen LogP contribution in [0, 0.1) is 17.1 Å². The highest BCUT2D eigenvalue weighted by molar-refractivity contribution is 9.10. The van der Waals surface area contributed by atoms with E-state index in [9.17, 15) is 4.39 Å². The zero-order valence-electron chi connectivity index (χ0n) is 9.32. The standard InChI is InChI=1S/C13H9BrFN3/c14-11-2-3-12(15)10(5-11)8-18-13-4-1-9(6-16)7-17-13/h1-5,7H,8H2,(H,17,18). The van der Waals surface area contributed by atoms with Gasteiger partial charge in [-0.05, 0) is 30.3 Å². The van der Waals surface area contributed by atoms with Crippen LogP contribution in [0.25, 0.3) is 0 Å². The Morgan fingerprint density at radius 1 is 1.33 bits per heavy atom. The van der Waals surface area contributed by atoms with Gasteiger partial charge in [-0.15, -0.1) is 0 Å². The SMILES string of the molecule is N#Cc1ccc(NCc2cc(Br)ccc2F)nc1. The second-order valence-electron chi connectivity index (χ2n) is 3.63. The van der Waals surface area contributed by atoms with E-state index in [-0.39, 0.29) is 5.82 Å². The van der Waals surface area contributed by atoms with Crippen molar-refractivity contribution in [2.24, 2.45) is 0 Å². The Kier molecular flexibility index (Phi) is 3.90. The summed E-state index contributed by atoms with van der Waals surface area (Å²) >= 11 is 3.30. The molecular formula is C13H9BrFN3. The van der Waals surface area contributed by atoms with Gasteiger partial charge >= 0.3 is 0 Å². The molecule has 0 atom stereocenters. The summed E-state index contributed by atoms with van der Waals surface area (Å²) in [5, 5.41) is 11.6. The molecule has 90 valence electrons. The van der Waals surface area contributed by atoms with Gasteiger partial charge in [-0.25, -0.2) is 9.37 Å². The van der Waals surface area contributed by atoms with E-state index in [1.165, 1.54) is 12.3 Å². The first-order valence-corrected chi connectivity index (χ1v) is 6.02. The average molecular weight is 306 g/mol. The van der Waals surface area contributed by atoms with Crippen LogP contribution >= 0.6 is 15.9 Å². The fourth-order valence-corrected chi connectivity index (χ4v) is 1.84. The van der Waals surface area contributed by atoms with Gasteiger partial charge < -0.3 is 5.32 Å². The third-order valence-corrected chi connectivity index (χ3v) is 2.85. The van der Waals surface area contributed by atoms with Crippen LogP contribution in [0.15, 0.2) is 41.0 Å². The van der Waals surface area contributed by atoms with Crippen molar-refractivity contribution in [3.05, 3.63) is 57.9 Å². The Bertz CT molecular complexity index is 590. The molecule has 0 aliphatic carbocycles. The maximum Gasteiger partial charge on any atom is 0.128 e. The van der Waals surface area contributed by atoms with Crippen molar-refractivity contribution in [2.75, 3.05) is 5.32 Å². The van der Waals surface area contributed by atoms with Gasteiger partial charge in [-0.3, -0.25) is 0 Å². The van der Waals surface area contributed by atoms with Gasteiger partial charge in [0, 0.05) is 22.8 Å². The molecule has 0 unspecified atom stereocenters. The zero-order valence-corrected chi connectivity index (χ0v) is 10.9. The molecule has 0 amide bonds. The van der Waals surface area contributed by atoms with Crippen LogP contribution in [0.2, 0.25) is 0 Å². The third kappa shape index (κ3) is 3.05. The van der Waals surface area contributed by atoms with Crippen LogP contribution in [-0.2, 0) is 6.54 Å². The van der Waals surface area contributed by atoms with Gasteiger partial charge in [0.05, 0.1) is 5.56 Å². The molecule has 1 aromatic carbocycles. The molecule has 0 spiro atoms. The fraction of sp³-hybridized carbons (Fsp3) is 0.0769. The maximum absolute atomic E-state index is 13.5. The number of nitrogens with zero attached hydrogens (tertiary/aromatic N) is 2. The lowest BCUT2D eigenvalue weighted by Gasteiger charge is -2.07. The fourth-order valence-electron chi connectivity index (χ4n) is 1.43. The zero-order chi connectivity index (χ0) is 13.0. The van der Waals surface area contributed by atoms with Crippen molar-refractivity contribution in [2.45, 2.75) is 6.54 Å². The molecule has 1 aromatic heterocycles. The van der Waals surface area contributed by atoms with E-state index in [0.29, 0.717) is 23.5 Å². The summed E-state index contributed by atoms with van der Waals surface area (Å²) in [7, 11) is 0. The largest absolute Gasteiger partial charge is 0.366 e. The smallest absolute Gasteiger partial charge is 0.128 e. The van der Waals surface area contributed by atoms with E-state index in [1.807, 2.05) is 6.07 Å². The predicted molar refractivity (Wildman–Crippen MR) is 70.4 cm³/mol. The van der Waals surface area contributed by atoms with Crippen LogP contribution < -0.4 is 5.32 Å². The summed E-state index contributed by atoms with van der Waals surface area (Å²) in [5.74, 6) is 0.340. The molecule has 2 rings (SSSR count). The molecule has 0 saturated carbocycles. The average Bonchev–Trinajstić information content (AvgIpc) is 2.40. The lowest BCUT2D eigenvalue weighted by Crippen LogP contribution is -2.03. The summed E-state index contributed by atoms with van der Waals surface area (Å²) < 4.78 is 14.3. The molecule has 0 bridgehead atoms. The van der Waals surface area contributed by atoms with Crippen molar-refractivity contribution in [1.82, 2.24) is 4.98 Å². The molecule has 0 aliphatic rings. The maximum atomic E-state index is 13.5. The molecule has 2 aromatic rings. The quantitative estimate of drug-likeness (QED) is 0.944. The van der Waals surface area contributed by atoms with Crippen LogP contribution in [0.5, 0.6) is 0 Å². The van der Waals surface area contributed by atoms with E-state index >= 15 is 0 Å². The Hall–Kier alpha value is -1.93. The summed E-state index contributed by atoms with van der Waals surface area (Å²) in [4.78, 5) is 4.05. The Morgan fingerprint density at radius 2 is 2.17 bits per heavy atom. The van der Waals surface area contributed by atoms with E-state index in [4.69, 9.17) is 5.26 Å². The van der Waals surface area contributed by atoms with Gasteiger partial charge in [0.25, 0.3) is 0 Å². The molecule has 3 nitrogen and oxygen atoms in total. The first-order valence-electron chi connectivity index (χ1n) is 5.23. The normalized spacial score (nSPS) is 9.83. The van der Waals surface area contributed by atoms with Crippen molar-refractivity contribution in [3.63, 3.8) is 0 Å². The number of benzene rings is 1. The number of anilines is 1. The number of pyridine rings is 1. The van der Waals surface area contributed by atoms with Crippen LogP contribution in [0.4, 0.5) is 10.2 Å². The molecule has 5 heteroatoms. The van der Waals surface area contributed by atoms with Gasteiger partial charge in [-0.1, -0.05) is 15.9 Å². The summed E-state index contributed by atoms with van der Waals surface area (Å²) in [6.45, 7) is 0.337. The van der Waals surface area contributed by atoms with Crippen LogP contribution in [0.1, 0.15) is 11.1 Å². The van der Waals surface area contributed by atoms with E-state index in [2.05, 4.69) is 26.2 Å². The Morgan fingerprint density at radius 3 is 2.83 bits per heavy atom. The van der Waals surface area contributed by atoms with E-state index in [0.717, 1.165) is 4.47 Å². The second-order valence-corrected chi connectivity index (χ2v) is 4.55. The summed E-state index contributed by atoms with van der Waals surface area (Å²) in [6, 6.07) is 10.1. The van der Waals surface area contributed by atoms with Gasteiger partial charge in [0.2, 0.25) is 0 Å². The second kappa shape index (κ2) is 5.61. The lowest BCUT2D eigenvalue weighted by atomic mass is 10.2. The van der Waals surface area contributed by atoms with Gasteiger partial charge in [0.15, 0.2) is 0 Å². The molecule has 18 heavy (non-hydrogen) atoms. The highest BCUT2D eigenvalue weighted by atomic mass is 79.9. The van der Waals surface area contributed by atoms with Gasteiger partial charge in [-0.2, -0.15) is 5.26 Å². The highest BCUT2D eigenvalue weighted by Gasteiger charge is 2.03. The first kappa shape index (κ1) is 12.5. The number of rotatable bonds is 3. The molecule has 0 fully saturated rings. The van der Waals surface area contributed by atoms with Crippen molar-refractivity contribution < 1.29 is 4.39 Å². The molecule has 0 saturated heterocycles. The van der Waals surface area contributed by atoms with Crippen LogP contribution in [-0.4, -0.2) is 4.98 Å². The van der Waals surface area contributed by atoms with Crippen LogP contribution in [0.3, 0.4) is 0 Å². The van der Waals surface area contributed by atoms with Crippen molar-refractivity contribution in [3.8, 4) is 6.07 Å². The summed E-state index contributed by atoms with van der Waals surface area (Å²) in [6.07, 6.45) is 1.47. The number of halogens is 2. The molecule has 1 heterocycles. The molecule has 0 radical (unpaired) electrons. The van der Waals surface area contributed by atoms with Gasteiger partial charge in [0.1, 0.15) is 17.7 Å². The minimum atomic E-state index is -0.264. The number of hydrogen-bond donors (Lipinski definition) is 1. The number of nitriles is 1. The summed E-state index contributed by atoms with van der Waals surface area (Å²) in [5.41, 5.74) is 1.05. The number of nitrogens with one attached hydrogen (secondary N) is 1. The Balaban J connectivity index is 2.07.